The average Bonchev–Trinajstić information content (AvgIpc) is 2.52. The summed E-state index contributed by atoms with van der Waals surface area (Å²) in [6, 6.07) is 10.3. The predicted octanol–water partition coefficient (Wildman–Crippen LogP) is 4.46. The molecular weight excluding hydrogens is 267 g/mol. The highest BCUT2D eigenvalue weighted by atomic mass is 19.1. The number of hydrogen-bond donors (Lipinski definition) is 1. The van der Waals surface area contributed by atoms with Crippen molar-refractivity contribution in [3.63, 3.8) is 0 Å². The van der Waals surface area contributed by atoms with Gasteiger partial charge < -0.3 is 10.1 Å². The first-order valence-corrected chi connectivity index (χ1v) is 7.36. The number of hydrogen-bond acceptors (Lipinski definition) is 3. The molecule has 0 aliphatic carbocycles. The van der Waals surface area contributed by atoms with Gasteiger partial charge in [0.05, 0.1) is 11.9 Å². The van der Waals surface area contributed by atoms with Crippen molar-refractivity contribution in [2.75, 3.05) is 6.54 Å². The van der Waals surface area contributed by atoms with E-state index in [0.717, 1.165) is 25.1 Å². The molecule has 1 aromatic heterocycles. The van der Waals surface area contributed by atoms with Crippen LogP contribution in [-0.4, -0.2) is 11.5 Å². The first kappa shape index (κ1) is 15.4. The molecule has 0 saturated carbocycles. The van der Waals surface area contributed by atoms with Crippen LogP contribution in [0.2, 0.25) is 0 Å². The van der Waals surface area contributed by atoms with E-state index in [2.05, 4.69) is 24.1 Å². The van der Waals surface area contributed by atoms with Crippen LogP contribution in [0.1, 0.15) is 38.4 Å². The molecule has 0 amide bonds. The standard InChI is InChI=1S/C17H21FN2O/c1-3-11-19-15(4-2)16-10-9-13(12-20-16)21-17-8-6-5-7-14(17)18/h5-10,12,15,19H,3-4,11H2,1-2H3. The Morgan fingerprint density at radius 3 is 2.62 bits per heavy atom. The fourth-order valence-corrected chi connectivity index (χ4v) is 2.09. The lowest BCUT2D eigenvalue weighted by Gasteiger charge is -2.16. The third-order valence-electron chi connectivity index (χ3n) is 3.23. The number of pyridine rings is 1. The summed E-state index contributed by atoms with van der Waals surface area (Å²) in [7, 11) is 0. The summed E-state index contributed by atoms with van der Waals surface area (Å²) >= 11 is 0. The molecule has 0 saturated heterocycles. The van der Waals surface area contributed by atoms with Crippen molar-refractivity contribution in [2.24, 2.45) is 0 Å². The minimum absolute atomic E-state index is 0.211. The molecule has 2 aromatic rings. The fraction of sp³-hybridized carbons (Fsp3) is 0.353. The Kier molecular flexibility index (Phi) is 5.69. The number of benzene rings is 1. The van der Waals surface area contributed by atoms with Gasteiger partial charge in [-0.2, -0.15) is 0 Å². The zero-order chi connectivity index (χ0) is 15.1. The van der Waals surface area contributed by atoms with E-state index in [1.165, 1.54) is 6.07 Å². The zero-order valence-corrected chi connectivity index (χ0v) is 12.5. The first-order chi connectivity index (χ1) is 10.2. The molecule has 1 aromatic carbocycles. The highest BCUT2D eigenvalue weighted by molar-refractivity contribution is 5.31. The maximum Gasteiger partial charge on any atom is 0.165 e. The Labute approximate surface area is 125 Å². The lowest BCUT2D eigenvalue weighted by Crippen LogP contribution is -2.22. The number of aromatic nitrogens is 1. The predicted molar refractivity (Wildman–Crippen MR) is 82.0 cm³/mol. The number of ether oxygens (including phenoxy) is 1. The average molecular weight is 288 g/mol. The Morgan fingerprint density at radius 2 is 2.00 bits per heavy atom. The van der Waals surface area contributed by atoms with Crippen molar-refractivity contribution in [3.05, 3.63) is 54.1 Å². The van der Waals surface area contributed by atoms with E-state index in [9.17, 15) is 4.39 Å². The van der Waals surface area contributed by atoms with Crippen LogP contribution in [0.15, 0.2) is 42.6 Å². The van der Waals surface area contributed by atoms with Crippen LogP contribution in [0.4, 0.5) is 4.39 Å². The fourth-order valence-electron chi connectivity index (χ4n) is 2.09. The third kappa shape index (κ3) is 4.26. The molecule has 0 spiro atoms. The van der Waals surface area contributed by atoms with Gasteiger partial charge in [-0.15, -0.1) is 0 Å². The molecule has 2 rings (SSSR count). The summed E-state index contributed by atoms with van der Waals surface area (Å²) in [6.45, 7) is 5.23. The number of halogens is 1. The molecule has 0 fully saturated rings. The molecule has 4 heteroatoms. The van der Waals surface area contributed by atoms with Crippen LogP contribution in [0.5, 0.6) is 11.5 Å². The number of nitrogens with zero attached hydrogens (tertiary/aromatic N) is 1. The second kappa shape index (κ2) is 7.74. The van der Waals surface area contributed by atoms with E-state index in [1.807, 2.05) is 12.1 Å². The van der Waals surface area contributed by atoms with Gasteiger partial charge in [-0.1, -0.05) is 26.0 Å². The van der Waals surface area contributed by atoms with Crippen molar-refractivity contribution >= 4 is 0 Å². The van der Waals surface area contributed by atoms with Gasteiger partial charge in [-0.25, -0.2) is 4.39 Å². The number of nitrogens with one attached hydrogen (secondary N) is 1. The lowest BCUT2D eigenvalue weighted by molar-refractivity contribution is 0.438. The van der Waals surface area contributed by atoms with Crippen molar-refractivity contribution in [3.8, 4) is 11.5 Å². The minimum Gasteiger partial charge on any atom is -0.453 e. The lowest BCUT2D eigenvalue weighted by atomic mass is 10.1. The van der Waals surface area contributed by atoms with Crippen LogP contribution < -0.4 is 10.1 Å². The highest BCUT2D eigenvalue weighted by Crippen LogP contribution is 2.24. The van der Waals surface area contributed by atoms with Crippen LogP contribution in [0, 0.1) is 5.82 Å². The molecule has 0 aliphatic rings. The first-order valence-electron chi connectivity index (χ1n) is 7.36. The Hall–Kier alpha value is -1.94. The van der Waals surface area contributed by atoms with Gasteiger partial charge in [-0.3, -0.25) is 4.98 Å². The molecule has 21 heavy (non-hydrogen) atoms. The van der Waals surface area contributed by atoms with Gasteiger partial charge in [0, 0.05) is 6.04 Å². The maximum atomic E-state index is 13.5. The largest absolute Gasteiger partial charge is 0.453 e. The summed E-state index contributed by atoms with van der Waals surface area (Å²) < 4.78 is 19.0. The molecule has 1 atom stereocenters. The molecular formula is C17H21FN2O. The Morgan fingerprint density at radius 1 is 1.19 bits per heavy atom. The molecule has 0 aliphatic heterocycles. The third-order valence-corrected chi connectivity index (χ3v) is 3.23. The highest BCUT2D eigenvalue weighted by Gasteiger charge is 2.10. The van der Waals surface area contributed by atoms with Crippen molar-refractivity contribution in [2.45, 2.75) is 32.7 Å². The molecule has 1 N–H and O–H groups in total. The van der Waals surface area contributed by atoms with E-state index in [-0.39, 0.29) is 17.6 Å². The van der Waals surface area contributed by atoms with E-state index >= 15 is 0 Å². The van der Waals surface area contributed by atoms with Crippen molar-refractivity contribution in [1.29, 1.82) is 0 Å². The van der Waals surface area contributed by atoms with Gasteiger partial charge in [0.15, 0.2) is 11.6 Å². The van der Waals surface area contributed by atoms with Crippen LogP contribution >= 0.6 is 0 Å². The maximum absolute atomic E-state index is 13.5. The van der Waals surface area contributed by atoms with Crippen LogP contribution in [0.25, 0.3) is 0 Å². The van der Waals surface area contributed by atoms with E-state index < -0.39 is 0 Å². The van der Waals surface area contributed by atoms with Gasteiger partial charge in [0.25, 0.3) is 0 Å². The van der Waals surface area contributed by atoms with Gasteiger partial charge >= 0.3 is 0 Å². The Balaban J connectivity index is 2.06. The summed E-state index contributed by atoms with van der Waals surface area (Å²) in [5.74, 6) is 0.370. The monoisotopic (exact) mass is 288 g/mol. The quantitative estimate of drug-likeness (QED) is 0.816. The molecule has 1 unspecified atom stereocenters. The molecule has 0 bridgehead atoms. The summed E-state index contributed by atoms with van der Waals surface area (Å²) in [5.41, 5.74) is 0.979. The van der Waals surface area contributed by atoms with Gasteiger partial charge in [0.2, 0.25) is 0 Å². The minimum atomic E-state index is -0.377. The second-order valence-corrected chi connectivity index (χ2v) is 4.87. The van der Waals surface area contributed by atoms with E-state index in [4.69, 9.17) is 4.74 Å². The van der Waals surface area contributed by atoms with Gasteiger partial charge in [-0.05, 0) is 43.7 Å². The zero-order valence-electron chi connectivity index (χ0n) is 12.5. The topological polar surface area (TPSA) is 34.1 Å². The van der Waals surface area contributed by atoms with Crippen molar-refractivity contribution in [1.82, 2.24) is 10.3 Å². The van der Waals surface area contributed by atoms with Crippen LogP contribution in [-0.2, 0) is 0 Å². The normalized spacial score (nSPS) is 12.1. The summed E-state index contributed by atoms with van der Waals surface area (Å²) in [6.07, 6.45) is 3.70. The molecule has 3 nitrogen and oxygen atoms in total. The summed E-state index contributed by atoms with van der Waals surface area (Å²) in [5, 5.41) is 3.45. The van der Waals surface area contributed by atoms with E-state index in [0.29, 0.717) is 5.75 Å². The second-order valence-electron chi connectivity index (χ2n) is 4.87. The SMILES string of the molecule is CCCNC(CC)c1ccc(Oc2ccccc2F)cn1. The molecule has 0 radical (unpaired) electrons. The number of para-hydroxylation sites is 1. The molecule has 112 valence electrons. The van der Waals surface area contributed by atoms with Crippen molar-refractivity contribution < 1.29 is 9.13 Å². The smallest absolute Gasteiger partial charge is 0.165 e. The number of rotatable bonds is 7. The molecule has 1 heterocycles. The Bertz CT molecular complexity index is 557. The van der Waals surface area contributed by atoms with Crippen LogP contribution in [0.3, 0.4) is 0 Å². The van der Waals surface area contributed by atoms with Gasteiger partial charge in [0.1, 0.15) is 5.75 Å². The summed E-state index contributed by atoms with van der Waals surface area (Å²) in [4.78, 5) is 4.42. The van der Waals surface area contributed by atoms with E-state index in [1.54, 1.807) is 24.4 Å².